The molecule has 2 N–H and O–H groups in total. The first kappa shape index (κ1) is 13.1. The average Bonchev–Trinajstić information content (AvgIpc) is 2.39. The first-order valence-corrected chi connectivity index (χ1v) is 6.21. The lowest BCUT2D eigenvalue weighted by atomic mass is 10.2. The van der Waals surface area contributed by atoms with Crippen LogP contribution in [0.15, 0.2) is 58.3 Å². The summed E-state index contributed by atoms with van der Waals surface area (Å²) in [6, 6.07) is 13.1. The van der Waals surface area contributed by atoms with Crippen molar-refractivity contribution in [2.75, 3.05) is 0 Å². The van der Waals surface area contributed by atoms with Gasteiger partial charge in [-0.05, 0) is 24.3 Å². The van der Waals surface area contributed by atoms with Crippen molar-refractivity contribution in [2.24, 2.45) is 5.73 Å². The van der Waals surface area contributed by atoms with Gasteiger partial charge in [0.2, 0.25) is 5.91 Å². The Hall–Kier alpha value is -2.34. The molecule has 2 aromatic rings. The third kappa shape index (κ3) is 3.11. The number of carbonyl (C=O) groups excluding carboxylic acids is 1. The van der Waals surface area contributed by atoms with Crippen molar-refractivity contribution in [3.63, 3.8) is 0 Å². The Labute approximate surface area is 113 Å². The van der Waals surface area contributed by atoms with Crippen molar-refractivity contribution in [1.29, 1.82) is 0 Å². The summed E-state index contributed by atoms with van der Waals surface area (Å²) in [5.74, 6) is -0.495. The maximum atomic E-state index is 11.3. The van der Waals surface area contributed by atoms with Gasteiger partial charge in [0.15, 0.2) is 0 Å². The highest BCUT2D eigenvalue weighted by molar-refractivity contribution is 7.99. The second-order valence-electron chi connectivity index (χ2n) is 3.71. The number of hydrogen-bond donors (Lipinski definition) is 1. The van der Waals surface area contributed by atoms with Crippen LogP contribution in [0.2, 0.25) is 0 Å². The number of hydrogen-bond acceptors (Lipinski definition) is 4. The van der Waals surface area contributed by atoms with E-state index in [1.807, 2.05) is 0 Å². The van der Waals surface area contributed by atoms with Gasteiger partial charge in [-0.1, -0.05) is 23.9 Å². The van der Waals surface area contributed by atoms with Crippen LogP contribution in [0, 0.1) is 10.1 Å². The Morgan fingerprint density at radius 2 is 1.74 bits per heavy atom. The molecule has 5 nitrogen and oxygen atoms in total. The molecule has 2 rings (SSSR count). The number of carbonyl (C=O) groups is 1. The summed E-state index contributed by atoms with van der Waals surface area (Å²) in [6.07, 6.45) is 0. The Morgan fingerprint density at radius 1 is 1.11 bits per heavy atom. The number of nitrogens with zero attached hydrogens (tertiary/aromatic N) is 1. The number of rotatable bonds is 4. The van der Waals surface area contributed by atoms with Gasteiger partial charge in [0, 0.05) is 21.9 Å². The van der Waals surface area contributed by atoms with Crippen LogP contribution in [0.3, 0.4) is 0 Å². The molecular weight excluding hydrogens is 264 g/mol. The lowest BCUT2D eigenvalue weighted by molar-refractivity contribution is -0.384. The molecule has 0 saturated heterocycles. The number of nitro groups is 1. The zero-order valence-corrected chi connectivity index (χ0v) is 10.6. The Balaban J connectivity index is 2.26. The fourth-order valence-electron chi connectivity index (χ4n) is 1.52. The predicted octanol–water partition coefficient (Wildman–Crippen LogP) is 2.84. The molecule has 0 atom stereocenters. The Kier molecular flexibility index (Phi) is 3.82. The molecule has 6 heteroatoms. The van der Waals surface area contributed by atoms with Gasteiger partial charge in [0.05, 0.1) is 10.5 Å². The summed E-state index contributed by atoms with van der Waals surface area (Å²) in [6.45, 7) is 0. The number of nitrogens with two attached hydrogens (primary N) is 1. The van der Waals surface area contributed by atoms with Gasteiger partial charge in [0.1, 0.15) is 0 Å². The van der Waals surface area contributed by atoms with Crippen molar-refractivity contribution in [3.8, 4) is 0 Å². The molecule has 0 radical (unpaired) electrons. The molecule has 1 amide bonds. The third-order valence-electron chi connectivity index (χ3n) is 2.43. The first-order valence-electron chi connectivity index (χ1n) is 5.39. The molecule has 2 aromatic carbocycles. The van der Waals surface area contributed by atoms with Gasteiger partial charge in [-0.3, -0.25) is 14.9 Å². The minimum Gasteiger partial charge on any atom is -0.366 e. The fourth-order valence-corrected chi connectivity index (χ4v) is 2.47. The van der Waals surface area contributed by atoms with Crippen molar-refractivity contribution in [1.82, 2.24) is 0 Å². The number of amides is 1. The van der Waals surface area contributed by atoms with Crippen molar-refractivity contribution >= 4 is 23.4 Å². The van der Waals surface area contributed by atoms with Gasteiger partial charge in [0.25, 0.3) is 5.69 Å². The summed E-state index contributed by atoms with van der Waals surface area (Å²) in [5, 5.41) is 10.6. The van der Waals surface area contributed by atoms with Gasteiger partial charge in [-0.25, -0.2) is 0 Å². The highest BCUT2D eigenvalue weighted by Gasteiger charge is 2.09. The van der Waals surface area contributed by atoms with Crippen molar-refractivity contribution in [3.05, 3.63) is 64.2 Å². The second kappa shape index (κ2) is 5.53. The predicted molar refractivity (Wildman–Crippen MR) is 72.2 cm³/mol. The smallest absolute Gasteiger partial charge is 0.269 e. The van der Waals surface area contributed by atoms with Crippen LogP contribution in [0.4, 0.5) is 5.69 Å². The number of benzene rings is 2. The van der Waals surface area contributed by atoms with E-state index in [1.165, 1.54) is 23.9 Å². The van der Waals surface area contributed by atoms with Crippen LogP contribution in [0.1, 0.15) is 10.4 Å². The molecule has 0 unspecified atom stereocenters. The largest absolute Gasteiger partial charge is 0.366 e. The Morgan fingerprint density at radius 3 is 2.32 bits per heavy atom. The molecule has 0 aliphatic heterocycles. The molecule has 0 fully saturated rings. The summed E-state index contributed by atoms with van der Waals surface area (Å²) in [4.78, 5) is 22.9. The number of non-ortho nitro benzene ring substituents is 1. The summed E-state index contributed by atoms with van der Waals surface area (Å²) in [7, 11) is 0. The minimum atomic E-state index is -0.495. The fraction of sp³-hybridized carbons (Fsp3) is 0. The van der Waals surface area contributed by atoms with E-state index in [4.69, 9.17) is 5.73 Å². The maximum absolute atomic E-state index is 11.3. The Bertz CT molecular complexity index is 626. The summed E-state index contributed by atoms with van der Waals surface area (Å²) in [5.41, 5.74) is 5.76. The zero-order chi connectivity index (χ0) is 13.8. The van der Waals surface area contributed by atoms with E-state index in [2.05, 4.69) is 0 Å². The van der Waals surface area contributed by atoms with Crippen LogP contribution < -0.4 is 5.73 Å². The van der Waals surface area contributed by atoms with Gasteiger partial charge >= 0.3 is 0 Å². The maximum Gasteiger partial charge on any atom is 0.269 e. The lowest BCUT2D eigenvalue weighted by Crippen LogP contribution is -2.11. The van der Waals surface area contributed by atoms with Crippen LogP contribution in [-0.4, -0.2) is 10.8 Å². The van der Waals surface area contributed by atoms with E-state index >= 15 is 0 Å². The van der Waals surface area contributed by atoms with Crippen molar-refractivity contribution in [2.45, 2.75) is 9.79 Å². The highest BCUT2D eigenvalue weighted by atomic mass is 32.2. The summed E-state index contributed by atoms with van der Waals surface area (Å²) < 4.78 is 0. The van der Waals surface area contributed by atoms with E-state index in [1.54, 1.807) is 36.4 Å². The molecule has 0 aliphatic carbocycles. The molecule has 0 aromatic heterocycles. The quantitative estimate of drug-likeness (QED) is 0.686. The molecule has 19 heavy (non-hydrogen) atoms. The van der Waals surface area contributed by atoms with Gasteiger partial charge in [-0.2, -0.15) is 0 Å². The second-order valence-corrected chi connectivity index (χ2v) is 4.83. The van der Waals surface area contributed by atoms with Crippen LogP contribution in [0.5, 0.6) is 0 Å². The minimum absolute atomic E-state index is 0.0348. The van der Waals surface area contributed by atoms with Crippen molar-refractivity contribution < 1.29 is 9.72 Å². The van der Waals surface area contributed by atoms with E-state index in [0.29, 0.717) is 5.56 Å². The normalized spacial score (nSPS) is 10.1. The molecule has 0 spiro atoms. The van der Waals surface area contributed by atoms with Gasteiger partial charge in [-0.15, -0.1) is 0 Å². The zero-order valence-electron chi connectivity index (χ0n) is 9.78. The lowest BCUT2D eigenvalue weighted by Gasteiger charge is -2.05. The SMILES string of the molecule is NC(=O)c1ccccc1Sc1ccc([N+](=O)[O-])cc1. The molecule has 0 saturated carbocycles. The van der Waals surface area contributed by atoms with Crippen LogP contribution in [-0.2, 0) is 0 Å². The number of primary amides is 1. The van der Waals surface area contributed by atoms with E-state index < -0.39 is 10.8 Å². The summed E-state index contributed by atoms with van der Waals surface area (Å²) >= 11 is 1.34. The molecule has 0 heterocycles. The van der Waals surface area contributed by atoms with E-state index in [-0.39, 0.29) is 5.69 Å². The molecule has 96 valence electrons. The van der Waals surface area contributed by atoms with E-state index in [9.17, 15) is 14.9 Å². The van der Waals surface area contributed by atoms with Crippen LogP contribution in [0.25, 0.3) is 0 Å². The first-order chi connectivity index (χ1) is 9.08. The van der Waals surface area contributed by atoms with E-state index in [0.717, 1.165) is 9.79 Å². The monoisotopic (exact) mass is 274 g/mol. The standard InChI is InChI=1S/C13H10N2O3S/c14-13(16)11-3-1-2-4-12(11)19-10-7-5-9(6-8-10)15(17)18/h1-8H,(H2,14,16). The topological polar surface area (TPSA) is 86.2 Å². The number of nitro benzene ring substituents is 1. The average molecular weight is 274 g/mol. The molecule has 0 aliphatic rings. The molecule has 0 bridgehead atoms. The highest BCUT2D eigenvalue weighted by Crippen LogP contribution is 2.31. The van der Waals surface area contributed by atoms with Gasteiger partial charge < -0.3 is 5.73 Å². The van der Waals surface area contributed by atoms with Crippen LogP contribution >= 0.6 is 11.8 Å². The molecular formula is C13H10N2O3S. The third-order valence-corrected chi connectivity index (χ3v) is 3.51.